The summed E-state index contributed by atoms with van der Waals surface area (Å²) in [7, 11) is -1.61. The van der Waals surface area contributed by atoms with Crippen LogP contribution >= 0.6 is 0 Å². The lowest BCUT2D eigenvalue weighted by Crippen LogP contribution is -2.24. The van der Waals surface area contributed by atoms with Gasteiger partial charge >= 0.3 is 0 Å². The maximum Gasteiger partial charge on any atom is 0.242 e. The van der Waals surface area contributed by atoms with Gasteiger partial charge in [0.15, 0.2) is 5.78 Å². The predicted octanol–water partition coefficient (Wildman–Crippen LogP) is 10.0. The van der Waals surface area contributed by atoms with Crippen molar-refractivity contribution in [1.29, 1.82) is 0 Å². The molecular formula is C47H48F2N2O6Si. The number of benzene rings is 4. The molecule has 0 aliphatic heterocycles. The number of rotatable bonds is 16. The largest absolute Gasteiger partial charge is 0.544 e. The Morgan fingerprint density at radius 2 is 1.14 bits per heavy atom. The average Bonchev–Trinajstić information content (AvgIpc) is 3.21. The Kier molecular flexibility index (Phi) is 17.7. The molecule has 1 N–H and O–H groups in total. The predicted molar refractivity (Wildman–Crippen MR) is 225 cm³/mol. The molecule has 58 heavy (non-hydrogen) atoms. The highest BCUT2D eigenvalue weighted by molar-refractivity contribution is 6.70. The number of aliphatic hydroxyl groups is 1. The smallest absolute Gasteiger partial charge is 0.242 e. The van der Waals surface area contributed by atoms with Gasteiger partial charge in [0.25, 0.3) is 0 Å². The van der Waals surface area contributed by atoms with E-state index >= 15 is 0 Å². The van der Waals surface area contributed by atoms with Crippen LogP contribution in [0.5, 0.6) is 11.8 Å². The fraction of sp³-hybridized carbons (Fsp3) is 0.191. The SMILES string of the molecule is C=C(O[Si](C)(C)C)c1ccc(F)cc1.O=C(CC(O)Cc1cccc(OCc2ccccc2)n1)c1ccc(F)cc1.O=CCc1cccc(OCc2ccccc2)n1. The number of Topliss-reactive ketones (excluding diaryl/α,β-unsaturated/α-hetero) is 1. The Labute approximate surface area is 340 Å². The minimum atomic E-state index is -1.61. The molecule has 0 saturated heterocycles. The third-order valence-electron chi connectivity index (χ3n) is 7.94. The van der Waals surface area contributed by atoms with Crippen molar-refractivity contribution in [2.45, 2.75) is 58.2 Å². The Morgan fingerprint density at radius 3 is 1.62 bits per heavy atom. The number of aldehydes is 1. The van der Waals surface area contributed by atoms with Crippen molar-refractivity contribution in [3.8, 4) is 11.8 Å². The van der Waals surface area contributed by atoms with Gasteiger partial charge in [0.2, 0.25) is 20.1 Å². The molecule has 1 unspecified atom stereocenters. The van der Waals surface area contributed by atoms with Crippen molar-refractivity contribution in [2.24, 2.45) is 0 Å². The van der Waals surface area contributed by atoms with Crippen LogP contribution in [0.3, 0.4) is 0 Å². The first-order valence-electron chi connectivity index (χ1n) is 18.7. The maximum absolute atomic E-state index is 12.9. The summed E-state index contributed by atoms with van der Waals surface area (Å²) in [6, 6.07) is 41.9. The summed E-state index contributed by atoms with van der Waals surface area (Å²) in [6.07, 6.45) is 0.462. The van der Waals surface area contributed by atoms with Crippen LogP contribution in [0.1, 0.15) is 44.9 Å². The molecule has 0 spiro atoms. The summed E-state index contributed by atoms with van der Waals surface area (Å²) in [6.45, 7) is 11.0. The zero-order chi connectivity index (χ0) is 41.8. The van der Waals surface area contributed by atoms with Gasteiger partial charge < -0.3 is 23.8 Å². The lowest BCUT2D eigenvalue weighted by molar-refractivity contribution is -0.107. The molecule has 1 atom stereocenters. The summed E-state index contributed by atoms with van der Waals surface area (Å²) in [5.41, 5.74) is 4.72. The minimum Gasteiger partial charge on any atom is -0.544 e. The number of carbonyl (C=O) groups is 2. The average molecular weight is 803 g/mol. The number of aliphatic hydroxyl groups excluding tert-OH is 1. The molecule has 6 rings (SSSR count). The summed E-state index contributed by atoms with van der Waals surface area (Å²) in [4.78, 5) is 31.1. The highest BCUT2D eigenvalue weighted by Gasteiger charge is 2.17. The first kappa shape index (κ1) is 44.4. The molecule has 0 saturated carbocycles. The second-order valence-corrected chi connectivity index (χ2v) is 18.4. The topological polar surface area (TPSA) is 108 Å². The van der Waals surface area contributed by atoms with Gasteiger partial charge in [-0.1, -0.05) is 79.4 Å². The number of hydrogen-bond acceptors (Lipinski definition) is 8. The van der Waals surface area contributed by atoms with Gasteiger partial charge in [-0.2, -0.15) is 0 Å². The van der Waals surface area contributed by atoms with Crippen molar-refractivity contribution >= 4 is 26.1 Å². The van der Waals surface area contributed by atoms with E-state index in [1.807, 2.05) is 72.8 Å². The molecule has 300 valence electrons. The Balaban J connectivity index is 0.000000207. The quantitative estimate of drug-likeness (QED) is 0.0446. The Bertz CT molecular complexity index is 2170. The van der Waals surface area contributed by atoms with E-state index in [0.29, 0.717) is 48.4 Å². The van der Waals surface area contributed by atoms with Gasteiger partial charge in [0.1, 0.15) is 36.9 Å². The van der Waals surface area contributed by atoms with Crippen molar-refractivity contribution in [3.63, 3.8) is 0 Å². The molecule has 0 aliphatic rings. The molecule has 2 aromatic heterocycles. The van der Waals surface area contributed by atoms with Crippen molar-refractivity contribution < 1.29 is 37.4 Å². The van der Waals surface area contributed by atoms with E-state index in [2.05, 4.69) is 36.2 Å². The number of pyridine rings is 2. The number of ketones is 1. The summed E-state index contributed by atoms with van der Waals surface area (Å²) in [5, 5.41) is 10.2. The first-order chi connectivity index (χ1) is 27.9. The third-order valence-corrected chi connectivity index (χ3v) is 8.80. The second kappa shape index (κ2) is 23.1. The molecule has 0 amide bonds. The molecule has 0 radical (unpaired) electrons. The monoisotopic (exact) mass is 802 g/mol. The van der Waals surface area contributed by atoms with E-state index in [0.717, 1.165) is 28.7 Å². The van der Waals surface area contributed by atoms with E-state index in [1.54, 1.807) is 36.4 Å². The fourth-order valence-corrected chi connectivity index (χ4v) is 6.05. The molecule has 0 bridgehead atoms. The number of hydrogen-bond donors (Lipinski definition) is 1. The number of halogens is 2. The number of aromatic nitrogens is 2. The minimum absolute atomic E-state index is 0.0532. The molecular weight excluding hydrogens is 755 g/mol. The van der Waals surface area contributed by atoms with Crippen molar-refractivity contribution in [3.05, 3.63) is 197 Å². The van der Waals surface area contributed by atoms with Crippen LogP contribution in [0.25, 0.3) is 5.76 Å². The van der Waals surface area contributed by atoms with E-state index in [-0.39, 0.29) is 24.4 Å². The van der Waals surface area contributed by atoms with Gasteiger partial charge in [-0.05, 0) is 91.4 Å². The Hall–Kier alpha value is -6.30. The van der Waals surface area contributed by atoms with E-state index in [9.17, 15) is 23.5 Å². The molecule has 11 heteroatoms. The molecule has 0 fully saturated rings. The highest BCUT2D eigenvalue weighted by atomic mass is 28.4. The van der Waals surface area contributed by atoms with Gasteiger partial charge in [-0.15, -0.1) is 0 Å². The van der Waals surface area contributed by atoms with Crippen LogP contribution in [0.4, 0.5) is 8.78 Å². The maximum atomic E-state index is 12.9. The normalized spacial score (nSPS) is 11.1. The van der Waals surface area contributed by atoms with Gasteiger partial charge in [0, 0.05) is 48.2 Å². The summed E-state index contributed by atoms with van der Waals surface area (Å²) in [5.74, 6) is 0.767. The van der Waals surface area contributed by atoms with Gasteiger partial charge in [-0.25, -0.2) is 18.7 Å². The number of ether oxygens (including phenoxy) is 2. The number of carbonyl (C=O) groups excluding carboxylic acids is 2. The fourth-order valence-electron chi connectivity index (χ4n) is 5.20. The van der Waals surface area contributed by atoms with Crippen LogP contribution in [0.2, 0.25) is 19.6 Å². The van der Waals surface area contributed by atoms with E-state index < -0.39 is 20.2 Å². The summed E-state index contributed by atoms with van der Waals surface area (Å²) < 4.78 is 42.5. The zero-order valence-corrected chi connectivity index (χ0v) is 33.9. The lowest BCUT2D eigenvalue weighted by Gasteiger charge is -2.20. The van der Waals surface area contributed by atoms with Crippen LogP contribution < -0.4 is 9.47 Å². The van der Waals surface area contributed by atoms with Gasteiger partial charge in [-0.3, -0.25) is 4.79 Å². The molecule has 4 aromatic carbocycles. The van der Waals surface area contributed by atoms with Crippen LogP contribution in [0, 0.1) is 11.6 Å². The van der Waals surface area contributed by atoms with E-state index in [1.165, 1.54) is 36.4 Å². The van der Waals surface area contributed by atoms with Crippen molar-refractivity contribution in [2.75, 3.05) is 0 Å². The Morgan fingerprint density at radius 1 is 0.672 bits per heavy atom. The molecule has 8 nitrogen and oxygen atoms in total. The molecule has 2 heterocycles. The molecule has 6 aromatic rings. The lowest BCUT2D eigenvalue weighted by atomic mass is 10.0. The van der Waals surface area contributed by atoms with Crippen LogP contribution in [-0.2, 0) is 35.3 Å². The standard InChI is InChI=1S/C22H20FNO3.C14H13NO2.C11H15FOSi/c23-18-11-9-17(10-12-18)21(26)14-20(25)13-19-7-4-8-22(24-19)27-15-16-5-2-1-3-6-16;16-10-9-13-7-4-8-14(15-13)17-11-12-5-2-1-3-6-12;1-9(13-14(2,3)4)10-5-7-11(12)8-6-10/h1-12,20,25H,13-15H2;1-8,10H,9,11H2;5-8H,1H2,2-4H3. The van der Waals surface area contributed by atoms with Crippen LogP contribution in [0.15, 0.2) is 152 Å². The zero-order valence-electron chi connectivity index (χ0n) is 32.9. The second-order valence-electron chi connectivity index (χ2n) is 14.0. The van der Waals surface area contributed by atoms with Crippen LogP contribution in [-0.4, -0.2) is 41.6 Å². The summed E-state index contributed by atoms with van der Waals surface area (Å²) >= 11 is 0. The van der Waals surface area contributed by atoms with E-state index in [4.69, 9.17) is 13.9 Å². The number of nitrogens with zero attached hydrogens (tertiary/aromatic N) is 2. The van der Waals surface area contributed by atoms with Crippen molar-refractivity contribution in [1.82, 2.24) is 9.97 Å². The van der Waals surface area contributed by atoms with Gasteiger partial charge in [0.05, 0.1) is 11.8 Å². The third kappa shape index (κ3) is 16.8. The molecule has 0 aliphatic carbocycles. The first-order valence-corrected chi connectivity index (χ1v) is 22.1. The highest BCUT2D eigenvalue weighted by Crippen LogP contribution is 2.20.